The lowest BCUT2D eigenvalue weighted by Crippen LogP contribution is -2.34. The molecule has 1 fully saturated rings. The van der Waals surface area contributed by atoms with Crippen molar-refractivity contribution in [3.63, 3.8) is 0 Å². The van der Waals surface area contributed by atoms with Gasteiger partial charge < -0.3 is 9.30 Å². The predicted octanol–water partition coefficient (Wildman–Crippen LogP) is 2.72. The zero-order valence-corrected chi connectivity index (χ0v) is 14.5. The van der Waals surface area contributed by atoms with Crippen LogP contribution in [0.15, 0.2) is 11.0 Å². The molecule has 2 rings (SSSR count). The number of amides is 2. The van der Waals surface area contributed by atoms with E-state index in [4.69, 9.17) is 4.74 Å². The third-order valence-electron chi connectivity index (χ3n) is 3.68. The minimum atomic E-state index is -0.583. The van der Waals surface area contributed by atoms with Crippen molar-refractivity contribution in [2.24, 2.45) is 0 Å². The second-order valence-electron chi connectivity index (χ2n) is 5.14. The fourth-order valence-electron chi connectivity index (χ4n) is 2.57. The zero-order valence-electron chi connectivity index (χ0n) is 13.7. The standard InChI is InChI=1S/C16H20N2O4S/c1-5-17-10(3)7-12(11(17)4)8-13-15(20)18(16(21)23-13)9-14(19)22-6-2/h7-8H,5-6,9H2,1-4H3/b13-8+. The second-order valence-corrected chi connectivity index (χ2v) is 6.14. The van der Waals surface area contributed by atoms with E-state index in [0.717, 1.165) is 40.2 Å². The largest absolute Gasteiger partial charge is 0.465 e. The van der Waals surface area contributed by atoms with Gasteiger partial charge in [-0.05, 0) is 57.2 Å². The molecular formula is C16H20N2O4S. The highest BCUT2D eigenvalue weighted by Crippen LogP contribution is 2.33. The van der Waals surface area contributed by atoms with Crippen LogP contribution < -0.4 is 0 Å². The molecule has 6 nitrogen and oxygen atoms in total. The van der Waals surface area contributed by atoms with Crippen LogP contribution in [0.5, 0.6) is 0 Å². The number of carbonyl (C=O) groups is 3. The highest BCUT2D eigenvalue weighted by atomic mass is 32.2. The van der Waals surface area contributed by atoms with Crippen molar-refractivity contribution in [1.29, 1.82) is 0 Å². The summed E-state index contributed by atoms with van der Waals surface area (Å²) in [5.41, 5.74) is 3.05. The van der Waals surface area contributed by atoms with E-state index in [-0.39, 0.29) is 13.2 Å². The molecule has 2 amide bonds. The molecule has 0 spiro atoms. The van der Waals surface area contributed by atoms with Crippen LogP contribution in [0.2, 0.25) is 0 Å². The monoisotopic (exact) mass is 336 g/mol. The van der Waals surface area contributed by atoms with Gasteiger partial charge in [0.1, 0.15) is 6.54 Å². The summed E-state index contributed by atoms with van der Waals surface area (Å²) in [4.78, 5) is 37.0. The lowest BCUT2D eigenvalue weighted by Gasteiger charge is -2.10. The zero-order chi connectivity index (χ0) is 17.1. The van der Waals surface area contributed by atoms with Gasteiger partial charge in [-0.2, -0.15) is 0 Å². The van der Waals surface area contributed by atoms with Crippen LogP contribution in [0.25, 0.3) is 6.08 Å². The number of imide groups is 1. The first-order chi connectivity index (χ1) is 10.9. The summed E-state index contributed by atoms with van der Waals surface area (Å²) in [7, 11) is 0. The van der Waals surface area contributed by atoms with Gasteiger partial charge in [0.15, 0.2) is 0 Å². The van der Waals surface area contributed by atoms with E-state index in [2.05, 4.69) is 11.5 Å². The van der Waals surface area contributed by atoms with Crippen molar-refractivity contribution in [2.45, 2.75) is 34.2 Å². The number of nitrogens with zero attached hydrogens (tertiary/aromatic N) is 2. The van der Waals surface area contributed by atoms with Gasteiger partial charge in [-0.3, -0.25) is 19.3 Å². The molecule has 0 saturated carbocycles. The lowest BCUT2D eigenvalue weighted by atomic mass is 10.2. The van der Waals surface area contributed by atoms with Crippen LogP contribution in [0.4, 0.5) is 4.79 Å². The Morgan fingerprint density at radius 1 is 1.30 bits per heavy atom. The summed E-state index contributed by atoms with van der Waals surface area (Å²) < 4.78 is 6.92. The second kappa shape index (κ2) is 7.04. The quantitative estimate of drug-likeness (QED) is 0.611. The highest BCUT2D eigenvalue weighted by molar-refractivity contribution is 8.18. The van der Waals surface area contributed by atoms with Crippen LogP contribution in [-0.2, 0) is 20.9 Å². The maximum atomic E-state index is 12.3. The summed E-state index contributed by atoms with van der Waals surface area (Å²) in [6.45, 7) is 8.42. The van der Waals surface area contributed by atoms with Gasteiger partial charge >= 0.3 is 5.97 Å². The third-order valence-corrected chi connectivity index (χ3v) is 4.59. The van der Waals surface area contributed by atoms with Gasteiger partial charge in [0, 0.05) is 17.9 Å². The lowest BCUT2D eigenvalue weighted by molar-refractivity contribution is -0.145. The molecule has 23 heavy (non-hydrogen) atoms. The molecule has 0 aromatic carbocycles. The van der Waals surface area contributed by atoms with E-state index in [1.807, 2.05) is 19.9 Å². The molecule has 0 radical (unpaired) electrons. The molecule has 124 valence electrons. The van der Waals surface area contributed by atoms with Crippen molar-refractivity contribution in [1.82, 2.24) is 9.47 Å². The van der Waals surface area contributed by atoms with E-state index in [1.54, 1.807) is 13.0 Å². The summed E-state index contributed by atoms with van der Waals surface area (Å²) in [6, 6.07) is 1.98. The van der Waals surface area contributed by atoms with Gasteiger partial charge in [0.05, 0.1) is 11.5 Å². The number of ether oxygens (including phenoxy) is 1. The third kappa shape index (κ3) is 3.50. The van der Waals surface area contributed by atoms with Crippen molar-refractivity contribution >= 4 is 35.0 Å². The Bertz CT molecular complexity index is 690. The molecule has 1 aromatic heterocycles. The van der Waals surface area contributed by atoms with Crippen molar-refractivity contribution < 1.29 is 19.1 Å². The Balaban J connectivity index is 2.23. The molecule has 2 heterocycles. The van der Waals surface area contributed by atoms with E-state index in [1.165, 1.54) is 0 Å². The number of rotatable bonds is 5. The maximum absolute atomic E-state index is 12.3. The minimum absolute atomic E-state index is 0.216. The fraction of sp³-hybridized carbons (Fsp3) is 0.438. The number of thioether (sulfide) groups is 1. The van der Waals surface area contributed by atoms with Crippen LogP contribution >= 0.6 is 11.8 Å². The molecule has 0 N–H and O–H groups in total. The molecule has 7 heteroatoms. The van der Waals surface area contributed by atoms with Crippen molar-refractivity contribution in [3.05, 3.63) is 27.9 Å². The summed E-state index contributed by atoms with van der Waals surface area (Å²) in [5, 5.41) is -0.446. The Morgan fingerprint density at radius 2 is 2.00 bits per heavy atom. The Hall–Kier alpha value is -2.02. The van der Waals surface area contributed by atoms with E-state index >= 15 is 0 Å². The average Bonchev–Trinajstić information content (AvgIpc) is 2.90. The van der Waals surface area contributed by atoms with Crippen molar-refractivity contribution in [2.75, 3.05) is 13.2 Å². The number of aryl methyl sites for hydroxylation is 1. The maximum Gasteiger partial charge on any atom is 0.326 e. The van der Waals surface area contributed by atoms with Gasteiger partial charge in [0.2, 0.25) is 0 Å². The smallest absolute Gasteiger partial charge is 0.326 e. The summed E-state index contributed by atoms with van der Waals surface area (Å²) in [6.07, 6.45) is 1.71. The van der Waals surface area contributed by atoms with Crippen LogP contribution in [0.1, 0.15) is 30.8 Å². The Morgan fingerprint density at radius 3 is 2.57 bits per heavy atom. The van der Waals surface area contributed by atoms with E-state index < -0.39 is 17.1 Å². The highest BCUT2D eigenvalue weighted by Gasteiger charge is 2.36. The average molecular weight is 336 g/mol. The predicted molar refractivity (Wildman–Crippen MR) is 88.9 cm³/mol. The number of carbonyl (C=O) groups excluding carboxylic acids is 3. The number of hydrogen-bond donors (Lipinski definition) is 0. The topological polar surface area (TPSA) is 68.6 Å². The number of esters is 1. The molecule has 1 aromatic rings. The normalized spacial score (nSPS) is 16.5. The molecular weight excluding hydrogens is 316 g/mol. The van der Waals surface area contributed by atoms with Gasteiger partial charge in [-0.1, -0.05) is 0 Å². The van der Waals surface area contributed by atoms with Crippen LogP contribution in [0.3, 0.4) is 0 Å². The first-order valence-corrected chi connectivity index (χ1v) is 8.28. The SMILES string of the molecule is CCOC(=O)CN1C(=O)S/C(=C/c2cc(C)n(CC)c2C)C1=O. The van der Waals surface area contributed by atoms with Gasteiger partial charge in [0.25, 0.3) is 11.1 Å². The molecule has 0 atom stereocenters. The molecule has 1 aliphatic rings. The number of hydrogen-bond acceptors (Lipinski definition) is 5. The fourth-order valence-corrected chi connectivity index (χ4v) is 3.40. The molecule has 0 bridgehead atoms. The van der Waals surface area contributed by atoms with E-state index in [0.29, 0.717) is 4.91 Å². The van der Waals surface area contributed by atoms with Crippen LogP contribution in [-0.4, -0.2) is 39.7 Å². The molecule has 0 aliphatic carbocycles. The Labute approximate surface area is 139 Å². The molecule has 0 unspecified atom stereocenters. The van der Waals surface area contributed by atoms with Gasteiger partial charge in [-0.15, -0.1) is 0 Å². The van der Waals surface area contributed by atoms with Gasteiger partial charge in [-0.25, -0.2) is 0 Å². The van der Waals surface area contributed by atoms with E-state index in [9.17, 15) is 14.4 Å². The molecule has 1 aliphatic heterocycles. The minimum Gasteiger partial charge on any atom is -0.465 e. The molecule has 1 saturated heterocycles. The Kier molecular flexibility index (Phi) is 5.30. The first-order valence-electron chi connectivity index (χ1n) is 7.46. The van der Waals surface area contributed by atoms with Crippen LogP contribution in [0, 0.1) is 13.8 Å². The van der Waals surface area contributed by atoms with Crippen molar-refractivity contribution in [3.8, 4) is 0 Å². The summed E-state index contributed by atoms with van der Waals surface area (Å²) >= 11 is 0.850. The summed E-state index contributed by atoms with van der Waals surface area (Å²) in [5.74, 6) is -1.03. The first kappa shape index (κ1) is 17.3. The number of aromatic nitrogens is 1.